The largest absolute Gasteiger partial charge is 0.496 e. The molecule has 0 N–H and O–H groups in total. The van der Waals surface area contributed by atoms with Crippen molar-refractivity contribution in [2.75, 3.05) is 20.7 Å². The maximum atomic E-state index is 14.5. The molecule has 164 valence electrons. The molecule has 2 heterocycles. The van der Waals surface area contributed by atoms with Crippen molar-refractivity contribution < 1.29 is 18.7 Å². The van der Waals surface area contributed by atoms with Crippen LogP contribution in [0, 0.1) is 5.82 Å². The molecule has 0 aliphatic carbocycles. The quantitative estimate of drug-likeness (QED) is 0.560. The van der Waals surface area contributed by atoms with Gasteiger partial charge in [-0.05, 0) is 23.6 Å². The predicted molar refractivity (Wildman–Crippen MR) is 121 cm³/mol. The standard InChI is InChI=1S/C24H22FN3O3S/c1-27(24(30)22-12-7-13-32-22)15-23(29)28-20(17-9-4-6-11-21(17)31-2)14-19(26-28)16-8-3-5-10-18(16)25/h3-13,20H,14-15H2,1-2H3. The summed E-state index contributed by atoms with van der Waals surface area (Å²) in [6.07, 6.45) is 0.329. The number of methoxy groups -OCH3 is 1. The molecule has 1 aliphatic rings. The van der Waals surface area contributed by atoms with Gasteiger partial charge in [0.2, 0.25) is 0 Å². The molecule has 3 aromatic rings. The van der Waals surface area contributed by atoms with Crippen LogP contribution in [0.25, 0.3) is 0 Å². The summed E-state index contributed by atoms with van der Waals surface area (Å²) >= 11 is 1.32. The van der Waals surface area contributed by atoms with E-state index in [-0.39, 0.29) is 18.4 Å². The van der Waals surface area contributed by atoms with E-state index in [9.17, 15) is 14.0 Å². The van der Waals surface area contributed by atoms with Gasteiger partial charge in [-0.15, -0.1) is 11.3 Å². The summed E-state index contributed by atoms with van der Waals surface area (Å²) in [5.74, 6) is -0.382. The fourth-order valence-corrected chi connectivity index (χ4v) is 4.44. The molecule has 0 fully saturated rings. The SMILES string of the molecule is COc1ccccc1C1CC(c2ccccc2F)=NN1C(=O)CN(C)C(=O)c1cccs1. The second kappa shape index (κ2) is 9.32. The van der Waals surface area contributed by atoms with E-state index in [2.05, 4.69) is 5.10 Å². The molecule has 1 aromatic heterocycles. The van der Waals surface area contributed by atoms with Crippen LogP contribution in [-0.4, -0.2) is 48.1 Å². The Hall–Kier alpha value is -3.52. The van der Waals surface area contributed by atoms with Gasteiger partial charge in [-0.3, -0.25) is 9.59 Å². The fraction of sp³-hybridized carbons (Fsp3) is 0.208. The van der Waals surface area contributed by atoms with E-state index < -0.39 is 11.9 Å². The summed E-state index contributed by atoms with van der Waals surface area (Å²) in [5, 5.41) is 7.65. The van der Waals surface area contributed by atoms with Gasteiger partial charge in [0.05, 0.1) is 23.7 Å². The van der Waals surface area contributed by atoms with Gasteiger partial charge in [0.25, 0.3) is 11.8 Å². The van der Waals surface area contributed by atoms with Gasteiger partial charge in [-0.2, -0.15) is 5.10 Å². The van der Waals surface area contributed by atoms with Crippen LogP contribution in [0.15, 0.2) is 71.1 Å². The van der Waals surface area contributed by atoms with Crippen molar-refractivity contribution >= 4 is 28.9 Å². The zero-order valence-corrected chi connectivity index (χ0v) is 18.5. The summed E-state index contributed by atoms with van der Waals surface area (Å²) < 4.78 is 19.9. The van der Waals surface area contributed by atoms with Crippen LogP contribution in [-0.2, 0) is 4.79 Å². The Balaban J connectivity index is 1.65. The number of hydrogen-bond donors (Lipinski definition) is 0. The first kappa shape index (κ1) is 21.7. The van der Waals surface area contributed by atoms with Gasteiger partial charge in [-0.25, -0.2) is 9.40 Å². The zero-order valence-electron chi connectivity index (χ0n) is 17.7. The van der Waals surface area contributed by atoms with E-state index in [1.807, 2.05) is 29.6 Å². The van der Waals surface area contributed by atoms with Crippen molar-refractivity contribution in [2.45, 2.75) is 12.5 Å². The van der Waals surface area contributed by atoms with E-state index in [1.54, 1.807) is 44.5 Å². The molecule has 0 saturated carbocycles. The number of thiophene rings is 1. The molecular weight excluding hydrogens is 429 g/mol. The Kier molecular flexibility index (Phi) is 6.32. The van der Waals surface area contributed by atoms with Crippen molar-refractivity contribution in [3.63, 3.8) is 0 Å². The maximum absolute atomic E-state index is 14.5. The van der Waals surface area contributed by atoms with E-state index in [0.717, 1.165) is 5.56 Å². The summed E-state index contributed by atoms with van der Waals surface area (Å²) in [6.45, 7) is -0.156. The van der Waals surface area contributed by atoms with Gasteiger partial charge < -0.3 is 9.64 Å². The number of ether oxygens (including phenoxy) is 1. The smallest absolute Gasteiger partial charge is 0.264 e. The summed E-state index contributed by atoms with van der Waals surface area (Å²) in [5.41, 5.74) is 1.59. The minimum absolute atomic E-state index is 0.156. The fourth-order valence-electron chi connectivity index (χ4n) is 3.72. The molecule has 8 heteroatoms. The molecular formula is C24H22FN3O3S. The number of halogens is 1. The first-order chi connectivity index (χ1) is 15.5. The normalized spacial score (nSPS) is 15.4. The number of nitrogens with zero attached hydrogens (tertiary/aromatic N) is 3. The number of carbonyl (C=O) groups is 2. The summed E-state index contributed by atoms with van der Waals surface area (Å²) in [4.78, 5) is 27.8. The highest BCUT2D eigenvalue weighted by atomic mass is 32.1. The highest BCUT2D eigenvalue weighted by Crippen LogP contribution is 2.37. The number of hydrazone groups is 1. The first-order valence-corrected chi connectivity index (χ1v) is 10.9. The average Bonchev–Trinajstić information content (AvgIpc) is 3.49. The molecule has 2 aromatic carbocycles. The van der Waals surface area contributed by atoms with E-state index in [4.69, 9.17) is 4.74 Å². The number of carbonyl (C=O) groups excluding carboxylic acids is 2. The Bertz CT molecular complexity index is 1160. The van der Waals surface area contributed by atoms with Crippen LogP contribution in [0.3, 0.4) is 0 Å². The third kappa shape index (κ3) is 4.27. The van der Waals surface area contributed by atoms with Crippen LogP contribution in [0.1, 0.15) is 33.3 Å². The molecule has 0 radical (unpaired) electrons. The molecule has 0 bridgehead atoms. The van der Waals surface area contributed by atoms with Gasteiger partial charge in [0.15, 0.2) is 0 Å². The summed E-state index contributed by atoms with van der Waals surface area (Å²) in [7, 11) is 3.14. The zero-order chi connectivity index (χ0) is 22.7. The van der Waals surface area contributed by atoms with Crippen LogP contribution in [0.2, 0.25) is 0 Å². The highest BCUT2D eigenvalue weighted by molar-refractivity contribution is 7.12. The molecule has 6 nitrogen and oxygen atoms in total. The minimum Gasteiger partial charge on any atom is -0.496 e. The molecule has 1 aliphatic heterocycles. The molecule has 32 heavy (non-hydrogen) atoms. The lowest BCUT2D eigenvalue weighted by Gasteiger charge is -2.25. The Morgan fingerprint density at radius 2 is 1.91 bits per heavy atom. The number of amides is 2. The second-order valence-corrected chi connectivity index (χ2v) is 8.31. The number of rotatable bonds is 6. The Morgan fingerprint density at radius 1 is 1.16 bits per heavy atom. The molecule has 1 unspecified atom stereocenters. The predicted octanol–water partition coefficient (Wildman–Crippen LogP) is 4.35. The lowest BCUT2D eigenvalue weighted by Crippen LogP contribution is -2.39. The third-order valence-corrected chi connectivity index (χ3v) is 6.16. The Labute approximate surface area is 189 Å². The van der Waals surface area contributed by atoms with Crippen molar-refractivity contribution in [1.29, 1.82) is 0 Å². The van der Waals surface area contributed by atoms with Crippen molar-refractivity contribution in [2.24, 2.45) is 5.10 Å². The van der Waals surface area contributed by atoms with Crippen molar-refractivity contribution in [3.05, 3.63) is 87.9 Å². The lowest BCUT2D eigenvalue weighted by molar-refractivity contribution is -0.133. The molecule has 1 atom stereocenters. The van der Waals surface area contributed by atoms with Crippen LogP contribution >= 0.6 is 11.3 Å². The number of likely N-dealkylation sites (N-methyl/N-ethyl adjacent to an activating group) is 1. The Morgan fingerprint density at radius 3 is 2.62 bits per heavy atom. The number of hydrogen-bond acceptors (Lipinski definition) is 5. The van der Waals surface area contributed by atoms with Crippen molar-refractivity contribution in [1.82, 2.24) is 9.91 Å². The lowest BCUT2D eigenvalue weighted by atomic mass is 9.97. The molecule has 0 saturated heterocycles. The van der Waals surface area contributed by atoms with Gasteiger partial charge in [0, 0.05) is 24.6 Å². The van der Waals surface area contributed by atoms with Crippen LogP contribution < -0.4 is 4.74 Å². The average molecular weight is 452 g/mol. The van der Waals surface area contributed by atoms with E-state index in [1.165, 1.54) is 27.3 Å². The van der Waals surface area contributed by atoms with Gasteiger partial charge in [-0.1, -0.05) is 42.5 Å². The first-order valence-electron chi connectivity index (χ1n) is 10.1. The summed E-state index contributed by atoms with van der Waals surface area (Å²) in [6, 6.07) is 16.8. The monoisotopic (exact) mass is 451 g/mol. The second-order valence-electron chi connectivity index (χ2n) is 7.37. The third-order valence-electron chi connectivity index (χ3n) is 5.30. The van der Waals surface area contributed by atoms with Gasteiger partial charge in [0.1, 0.15) is 18.1 Å². The van der Waals surface area contributed by atoms with E-state index in [0.29, 0.717) is 28.3 Å². The molecule has 2 amide bonds. The number of para-hydroxylation sites is 1. The van der Waals surface area contributed by atoms with Crippen LogP contribution in [0.5, 0.6) is 5.75 Å². The number of benzene rings is 2. The highest BCUT2D eigenvalue weighted by Gasteiger charge is 2.36. The van der Waals surface area contributed by atoms with Crippen LogP contribution in [0.4, 0.5) is 4.39 Å². The van der Waals surface area contributed by atoms with Gasteiger partial charge >= 0.3 is 0 Å². The van der Waals surface area contributed by atoms with Crippen molar-refractivity contribution in [3.8, 4) is 5.75 Å². The van der Waals surface area contributed by atoms with E-state index >= 15 is 0 Å². The molecule has 0 spiro atoms. The topological polar surface area (TPSA) is 62.2 Å². The minimum atomic E-state index is -0.474. The maximum Gasteiger partial charge on any atom is 0.264 e. The molecule has 4 rings (SSSR count).